The first-order chi connectivity index (χ1) is 7.21. The molecular formula is C12H22N2O. The third-order valence-electron chi connectivity index (χ3n) is 4.34. The molecule has 1 aliphatic carbocycles. The summed E-state index contributed by atoms with van der Waals surface area (Å²) in [4.78, 5) is 14.0. The van der Waals surface area contributed by atoms with E-state index in [0.717, 1.165) is 19.5 Å². The topological polar surface area (TPSA) is 32.3 Å². The SMILES string of the molecule is CCC1(CN2CCC(NC)C2=O)CCC1. The third-order valence-corrected chi connectivity index (χ3v) is 4.34. The molecule has 3 heteroatoms. The molecule has 0 aromatic carbocycles. The van der Waals surface area contributed by atoms with E-state index in [2.05, 4.69) is 17.1 Å². The molecule has 2 aliphatic rings. The van der Waals surface area contributed by atoms with Gasteiger partial charge in [0.25, 0.3) is 0 Å². The molecule has 0 spiro atoms. The molecule has 0 bridgehead atoms. The Kier molecular flexibility index (Phi) is 3.01. The third kappa shape index (κ3) is 1.89. The lowest BCUT2D eigenvalue weighted by Gasteiger charge is -2.43. The minimum Gasteiger partial charge on any atom is -0.341 e. The van der Waals surface area contributed by atoms with Gasteiger partial charge in [-0.1, -0.05) is 13.3 Å². The van der Waals surface area contributed by atoms with Crippen LogP contribution in [0.5, 0.6) is 0 Å². The number of nitrogens with zero attached hydrogens (tertiary/aromatic N) is 1. The average Bonchev–Trinajstić information content (AvgIpc) is 2.53. The Balaban J connectivity index is 1.93. The van der Waals surface area contributed by atoms with Crippen LogP contribution >= 0.6 is 0 Å². The van der Waals surface area contributed by atoms with E-state index in [1.54, 1.807) is 0 Å². The van der Waals surface area contributed by atoms with Crippen molar-refractivity contribution in [3.63, 3.8) is 0 Å². The molecule has 1 amide bonds. The molecule has 0 radical (unpaired) electrons. The highest BCUT2D eigenvalue weighted by Crippen LogP contribution is 2.44. The second-order valence-corrected chi connectivity index (χ2v) is 5.10. The van der Waals surface area contributed by atoms with Crippen LogP contribution < -0.4 is 5.32 Å². The second kappa shape index (κ2) is 4.12. The molecule has 1 unspecified atom stereocenters. The Morgan fingerprint density at radius 3 is 2.67 bits per heavy atom. The molecule has 2 rings (SSSR count). The summed E-state index contributed by atoms with van der Waals surface area (Å²) < 4.78 is 0. The van der Waals surface area contributed by atoms with Crippen molar-refractivity contribution in [3.05, 3.63) is 0 Å². The van der Waals surface area contributed by atoms with Gasteiger partial charge < -0.3 is 10.2 Å². The quantitative estimate of drug-likeness (QED) is 0.760. The lowest BCUT2D eigenvalue weighted by atomic mass is 9.67. The van der Waals surface area contributed by atoms with Crippen molar-refractivity contribution in [1.82, 2.24) is 10.2 Å². The highest BCUT2D eigenvalue weighted by molar-refractivity contribution is 5.84. The Labute approximate surface area is 92.2 Å². The van der Waals surface area contributed by atoms with E-state index >= 15 is 0 Å². The summed E-state index contributed by atoms with van der Waals surface area (Å²) >= 11 is 0. The van der Waals surface area contributed by atoms with E-state index in [1.807, 2.05) is 7.05 Å². The second-order valence-electron chi connectivity index (χ2n) is 5.10. The maximum absolute atomic E-state index is 11.9. The molecule has 1 saturated carbocycles. The fourth-order valence-corrected chi connectivity index (χ4v) is 2.87. The van der Waals surface area contributed by atoms with Crippen LogP contribution in [-0.4, -0.2) is 37.0 Å². The first-order valence-corrected chi connectivity index (χ1v) is 6.17. The van der Waals surface area contributed by atoms with Crippen LogP contribution in [-0.2, 0) is 4.79 Å². The van der Waals surface area contributed by atoms with Gasteiger partial charge in [0.15, 0.2) is 0 Å². The van der Waals surface area contributed by atoms with Gasteiger partial charge in [-0.2, -0.15) is 0 Å². The molecule has 1 aliphatic heterocycles. The molecule has 15 heavy (non-hydrogen) atoms. The maximum atomic E-state index is 11.9. The Morgan fingerprint density at radius 2 is 2.27 bits per heavy atom. The van der Waals surface area contributed by atoms with Crippen molar-refractivity contribution in [2.24, 2.45) is 5.41 Å². The molecular weight excluding hydrogens is 188 g/mol. The molecule has 1 saturated heterocycles. The van der Waals surface area contributed by atoms with E-state index in [4.69, 9.17) is 0 Å². The first kappa shape index (κ1) is 10.9. The summed E-state index contributed by atoms with van der Waals surface area (Å²) in [5.74, 6) is 0.317. The van der Waals surface area contributed by atoms with Crippen molar-refractivity contribution < 1.29 is 4.79 Å². The predicted octanol–water partition coefficient (Wildman–Crippen LogP) is 1.39. The summed E-state index contributed by atoms with van der Waals surface area (Å²) in [6, 6.07) is 0.0824. The summed E-state index contributed by atoms with van der Waals surface area (Å²) in [5, 5.41) is 3.09. The number of likely N-dealkylation sites (N-methyl/N-ethyl adjacent to an activating group) is 1. The Hall–Kier alpha value is -0.570. The summed E-state index contributed by atoms with van der Waals surface area (Å²) in [6.07, 6.45) is 6.19. The molecule has 1 atom stereocenters. The Morgan fingerprint density at radius 1 is 1.53 bits per heavy atom. The van der Waals surface area contributed by atoms with Gasteiger partial charge in [0, 0.05) is 13.1 Å². The van der Waals surface area contributed by atoms with Crippen molar-refractivity contribution in [2.45, 2.75) is 45.1 Å². The highest BCUT2D eigenvalue weighted by atomic mass is 16.2. The van der Waals surface area contributed by atoms with Crippen molar-refractivity contribution in [2.75, 3.05) is 20.1 Å². The van der Waals surface area contributed by atoms with Gasteiger partial charge in [-0.25, -0.2) is 0 Å². The van der Waals surface area contributed by atoms with E-state index in [9.17, 15) is 4.79 Å². The molecule has 1 heterocycles. The van der Waals surface area contributed by atoms with Crippen molar-refractivity contribution >= 4 is 5.91 Å². The maximum Gasteiger partial charge on any atom is 0.239 e. The van der Waals surface area contributed by atoms with Crippen molar-refractivity contribution in [1.29, 1.82) is 0 Å². The zero-order valence-electron chi connectivity index (χ0n) is 9.88. The van der Waals surface area contributed by atoms with E-state index in [0.29, 0.717) is 11.3 Å². The number of likely N-dealkylation sites (tertiary alicyclic amines) is 1. The van der Waals surface area contributed by atoms with Crippen LogP contribution in [0.3, 0.4) is 0 Å². The van der Waals surface area contributed by atoms with Gasteiger partial charge in [0.2, 0.25) is 5.91 Å². The molecule has 3 nitrogen and oxygen atoms in total. The van der Waals surface area contributed by atoms with Crippen LogP contribution in [0.4, 0.5) is 0 Å². The molecule has 2 fully saturated rings. The Bertz CT molecular complexity index is 242. The standard InChI is InChI=1S/C12H22N2O/c1-3-12(6-4-7-12)9-14-8-5-10(13-2)11(14)15/h10,13H,3-9H2,1-2H3. The van der Waals surface area contributed by atoms with Gasteiger partial charge >= 0.3 is 0 Å². The average molecular weight is 210 g/mol. The molecule has 1 N–H and O–H groups in total. The van der Waals surface area contributed by atoms with Gasteiger partial charge in [0.1, 0.15) is 0 Å². The van der Waals surface area contributed by atoms with Gasteiger partial charge in [0.05, 0.1) is 6.04 Å². The number of nitrogens with one attached hydrogen (secondary N) is 1. The minimum atomic E-state index is 0.0824. The molecule has 86 valence electrons. The van der Waals surface area contributed by atoms with Gasteiger partial charge in [-0.05, 0) is 38.1 Å². The smallest absolute Gasteiger partial charge is 0.239 e. The van der Waals surface area contributed by atoms with Crippen LogP contribution in [0.1, 0.15) is 39.0 Å². The predicted molar refractivity (Wildman–Crippen MR) is 60.6 cm³/mol. The number of hydrogen-bond acceptors (Lipinski definition) is 2. The normalized spacial score (nSPS) is 29.3. The van der Waals surface area contributed by atoms with Gasteiger partial charge in [-0.3, -0.25) is 4.79 Å². The fraction of sp³-hybridized carbons (Fsp3) is 0.917. The largest absolute Gasteiger partial charge is 0.341 e. The molecule has 0 aromatic heterocycles. The fourth-order valence-electron chi connectivity index (χ4n) is 2.87. The lowest BCUT2D eigenvalue weighted by molar-refractivity contribution is -0.131. The number of hydrogen-bond donors (Lipinski definition) is 1. The number of carbonyl (C=O) groups excluding carboxylic acids is 1. The number of rotatable bonds is 4. The molecule has 0 aromatic rings. The van der Waals surface area contributed by atoms with Crippen LogP contribution in [0.25, 0.3) is 0 Å². The summed E-state index contributed by atoms with van der Waals surface area (Å²) in [6.45, 7) is 4.21. The van der Waals surface area contributed by atoms with Crippen LogP contribution in [0, 0.1) is 5.41 Å². The highest BCUT2D eigenvalue weighted by Gasteiger charge is 2.40. The van der Waals surface area contributed by atoms with Gasteiger partial charge in [-0.15, -0.1) is 0 Å². The minimum absolute atomic E-state index is 0.0824. The van der Waals surface area contributed by atoms with E-state index < -0.39 is 0 Å². The lowest BCUT2D eigenvalue weighted by Crippen LogP contribution is -2.45. The summed E-state index contributed by atoms with van der Waals surface area (Å²) in [5.41, 5.74) is 0.471. The van der Waals surface area contributed by atoms with Crippen molar-refractivity contribution in [3.8, 4) is 0 Å². The van der Waals surface area contributed by atoms with E-state index in [-0.39, 0.29) is 6.04 Å². The van der Waals surface area contributed by atoms with Crippen LogP contribution in [0.2, 0.25) is 0 Å². The number of amides is 1. The zero-order valence-corrected chi connectivity index (χ0v) is 9.88. The zero-order chi connectivity index (χ0) is 10.9. The monoisotopic (exact) mass is 210 g/mol. The number of carbonyl (C=O) groups is 1. The first-order valence-electron chi connectivity index (χ1n) is 6.17. The van der Waals surface area contributed by atoms with Crippen LogP contribution in [0.15, 0.2) is 0 Å². The summed E-state index contributed by atoms with van der Waals surface area (Å²) in [7, 11) is 1.88. The van der Waals surface area contributed by atoms with E-state index in [1.165, 1.54) is 25.7 Å².